The molecular weight excluding hydrogens is 256 g/mol. The molecule has 0 bridgehead atoms. The molecule has 1 fully saturated rings. The number of nitrogens with one attached hydrogen (secondary N) is 1. The van der Waals surface area contributed by atoms with Crippen molar-refractivity contribution in [3.05, 3.63) is 29.3 Å². The van der Waals surface area contributed by atoms with E-state index in [4.69, 9.17) is 4.74 Å². The Morgan fingerprint density at radius 1 is 1.45 bits per heavy atom. The molecule has 2 rings (SSSR count). The highest BCUT2D eigenvalue weighted by molar-refractivity contribution is 5.86. The quantitative estimate of drug-likeness (QED) is 0.892. The summed E-state index contributed by atoms with van der Waals surface area (Å²) in [6, 6.07) is 5.77. The van der Waals surface area contributed by atoms with Crippen molar-refractivity contribution in [1.82, 2.24) is 10.2 Å². The molecule has 108 valence electrons. The number of aryl methyl sites for hydroxylation is 1. The van der Waals surface area contributed by atoms with Crippen LogP contribution < -0.4 is 10.1 Å². The summed E-state index contributed by atoms with van der Waals surface area (Å²) in [5.41, 5.74) is 1.95. The molecule has 1 aliphatic rings. The lowest BCUT2D eigenvalue weighted by Crippen LogP contribution is -2.38. The molecule has 20 heavy (non-hydrogen) atoms. The van der Waals surface area contributed by atoms with Crippen LogP contribution in [0.2, 0.25) is 0 Å². The van der Waals surface area contributed by atoms with Gasteiger partial charge in [0.05, 0.1) is 20.1 Å². The van der Waals surface area contributed by atoms with Gasteiger partial charge in [0.15, 0.2) is 0 Å². The number of carbonyl (C=O) groups excluding carboxylic acids is 2. The second-order valence-corrected chi connectivity index (χ2v) is 5.01. The maximum atomic E-state index is 12.3. The van der Waals surface area contributed by atoms with Gasteiger partial charge >= 0.3 is 0 Å². The third-order valence-corrected chi connectivity index (χ3v) is 3.39. The van der Waals surface area contributed by atoms with Gasteiger partial charge in [-0.05, 0) is 19.4 Å². The van der Waals surface area contributed by atoms with E-state index in [-0.39, 0.29) is 24.8 Å². The van der Waals surface area contributed by atoms with E-state index in [2.05, 4.69) is 5.32 Å². The summed E-state index contributed by atoms with van der Waals surface area (Å²) in [5.74, 6) is 0.584. The molecule has 0 aromatic heterocycles. The summed E-state index contributed by atoms with van der Waals surface area (Å²) in [6.07, 6.45) is 1.06. The molecule has 0 atom stereocenters. The summed E-state index contributed by atoms with van der Waals surface area (Å²) >= 11 is 0. The number of carbonyl (C=O) groups is 2. The van der Waals surface area contributed by atoms with Gasteiger partial charge in [0, 0.05) is 18.7 Å². The summed E-state index contributed by atoms with van der Waals surface area (Å²) in [7, 11) is 1.60. The van der Waals surface area contributed by atoms with Gasteiger partial charge in [0.25, 0.3) is 0 Å². The summed E-state index contributed by atoms with van der Waals surface area (Å²) in [4.78, 5) is 25.4. The van der Waals surface area contributed by atoms with Crippen molar-refractivity contribution in [3.8, 4) is 5.75 Å². The first-order chi connectivity index (χ1) is 9.60. The van der Waals surface area contributed by atoms with Crippen LogP contribution >= 0.6 is 0 Å². The Balaban J connectivity index is 2.10. The molecule has 0 radical (unpaired) electrons. The number of hydrogen-bond donors (Lipinski definition) is 1. The van der Waals surface area contributed by atoms with Gasteiger partial charge in [-0.1, -0.05) is 17.7 Å². The van der Waals surface area contributed by atoms with Crippen LogP contribution in [-0.4, -0.2) is 43.5 Å². The van der Waals surface area contributed by atoms with Crippen molar-refractivity contribution in [3.63, 3.8) is 0 Å². The Labute approximate surface area is 118 Å². The smallest absolute Gasteiger partial charge is 0.239 e. The van der Waals surface area contributed by atoms with E-state index in [9.17, 15) is 9.59 Å². The van der Waals surface area contributed by atoms with Gasteiger partial charge in [0.2, 0.25) is 11.8 Å². The Morgan fingerprint density at radius 2 is 2.25 bits per heavy atom. The van der Waals surface area contributed by atoms with Gasteiger partial charge < -0.3 is 15.0 Å². The normalized spacial score (nSPS) is 15.5. The lowest BCUT2D eigenvalue weighted by atomic mass is 10.1. The second kappa shape index (κ2) is 6.41. The van der Waals surface area contributed by atoms with E-state index in [0.717, 1.165) is 17.5 Å². The van der Waals surface area contributed by atoms with Crippen LogP contribution in [0, 0.1) is 6.92 Å². The first kappa shape index (κ1) is 14.4. The number of rotatable bonds is 3. The molecular formula is C15H20N2O3. The lowest BCUT2D eigenvalue weighted by molar-refractivity contribution is -0.134. The zero-order valence-corrected chi connectivity index (χ0v) is 11.9. The molecule has 2 amide bonds. The number of ether oxygens (including phenoxy) is 1. The van der Waals surface area contributed by atoms with Crippen molar-refractivity contribution < 1.29 is 14.3 Å². The first-order valence-corrected chi connectivity index (χ1v) is 6.78. The topological polar surface area (TPSA) is 58.6 Å². The molecule has 5 heteroatoms. The standard InChI is InChI=1S/C15H20N2O3/c1-11-4-5-13(20-2)12(8-11)9-15(19)17-7-3-6-16-14(18)10-17/h4-5,8H,3,6-7,9-10H2,1-2H3,(H,16,18). The third-order valence-electron chi connectivity index (χ3n) is 3.39. The average Bonchev–Trinajstić information content (AvgIpc) is 2.64. The minimum atomic E-state index is -0.0907. The summed E-state index contributed by atoms with van der Waals surface area (Å²) in [5, 5.41) is 2.77. The fraction of sp³-hybridized carbons (Fsp3) is 0.467. The van der Waals surface area contributed by atoms with E-state index in [1.54, 1.807) is 12.0 Å². The second-order valence-electron chi connectivity index (χ2n) is 5.01. The van der Waals surface area contributed by atoms with Crippen molar-refractivity contribution in [2.75, 3.05) is 26.7 Å². The van der Waals surface area contributed by atoms with E-state index in [1.165, 1.54) is 0 Å². The highest BCUT2D eigenvalue weighted by atomic mass is 16.5. The molecule has 1 aliphatic heterocycles. The van der Waals surface area contributed by atoms with Crippen molar-refractivity contribution in [1.29, 1.82) is 0 Å². The van der Waals surface area contributed by atoms with Gasteiger partial charge in [-0.25, -0.2) is 0 Å². The highest BCUT2D eigenvalue weighted by Gasteiger charge is 2.20. The molecule has 1 aromatic carbocycles. The minimum Gasteiger partial charge on any atom is -0.496 e. The predicted octanol–water partition coefficient (Wildman–Crippen LogP) is 0.895. The number of methoxy groups -OCH3 is 1. The first-order valence-electron chi connectivity index (χ1n) is 6.78. The molecule has 1 N–H and O–H groups in total. The van der Waals surface area contributed by atoms with Crippen LogP contribution in [0.4, 0.5) is 0 Å². The van der Waals surface area contributed by atoms with Crippen molar-refractivity contribution >= 4 is 11.8 Å². The zero-order valence-electron chi connectivity index (χ0n) is 11.9. The fourth-order valence-corrected chi connectivity index (χ4v) is 2.34. The van der Waals surface area contributed by atoms with Gasteiger partial charge in [-0.3, -0.25) is 9.59 Å². The van der Waals surface area contributed by atoms with Gasteiger partial charge in [-0.15, -0.1) is 0 Å². The lowest BCUT2D eigenvalue weighted by Gasteiger charge is -2.19. The van der Waals surface area contributed by atoms with Crippen LogP contribution in [-0.2, 0) is 16.0 Å². The van der Waals surface area contributed by atoms with Crippen molar-refractivity contribution in [2.24, 2.45) is 0 Å². The van der Waals surface area contributed by atoms with Crippen LogP contribution in [0.15, 0.2) is 18.2 Å². The number of benzene rings is 1. The maximum absolute atomic E-state index is 12.3. The van der Waals surface area contributed by atoms with E-state index in [0.29, 0.717) is 18.8 Å². The number of amides is 2. The summed E-state index contributed by atoms with van der Waals surface area (Å²) < 4.78 is 5.28. The predicted molar refractivity (Wildman–Crippen MR) is 75.6 cm³/mol. The molecule has 0 spiro atoms. The molecule has 0 unspecified atom stereocenters. The Kier molecular flexibility index (Phi) is 4.61. The number of nitrogens with zero attached hydrogens (tertiary/aromatic N) is 1. The van der Waals surface area contributed by atoms with E-state index >= 15 is 0 Å². The Hall–Kier alpha value is -2.04. The van der Waals surface area contributed by atoms with E-state index < -0.39 is 0 Å². The number of hydrogen-bond acceptors (Lipinski definition) is 3. The Morgan fingerprint density at radius 3 is 3.00 bits per heavy atom. The van der Waals surface area contributed by atoms with Crippen LogP contribution in [0.5, 0.6) is 5.75 Å². The third kappa shape index (κ3) is 3.50. The van der Waals surface area contributed by atoms with Gasteiger partial charge in [-0.2, -0.15) is 0 Å². The fourth-order valence-electron chi connectivity index (χ4n) is 2.34. The molecule has 1 heterocycles. The van der Waals surface area contributed by atoms with Crippen LogP contribution in [0.3, 0.4) is 0 Å². The summed E-state index contributed by atoms with van der Waals surface area (Å²) in [6.45, 7) is 3.38. The average molecular weight is 276 g/mol. The SMILES string of the molecule is COc1ccc(C)cc1CC(=O)N1CCCNC(=O)C1. The highest BCUT2D eigenvalue weighted by Crippen LogP contribution is 2.21. The Bertz CT molecular complexity index is 514. The largest absolute Gasteiger partial charge is 0.496 e. The van der Waals surface area contributed by atoms with E-state index in [1.807, 2.05) is 25.1 Å². The van der Waals surface area contributed by atoms with Crippen molar-refractivity contribution in [2.45, 2.75) is 19.8 Å². The maximum Gasteiger partial charge on any atom is 0.239 e. The van der Waals surface area contributed by atoms with Gasteiger partial charge in [0.1, 0.15) is 5.75 Å². The molecule has 1 aromatic rings. The monoisotopic (exact) mass is 276 g/mol. The zero-order chi connectivity index (χ0) is 14.5. The van der Waals surface area contributed by atoms with Crippen LogP contribution in [0.1, 0.15) is 17.5 Å². The minimum absolute atomic E-state index is 0.0362. The molecule has 5 nitrogen and oxygen atoms in total. The molecule has 0 saturated carbocycles. The molecule has 0 aliphatic carbocycles. The molecule has 1 saturated heterocycles. The van der Waals surface area contributed by atoms with Crippen LogP contribution in [0.25, 0.3) is 0 Å².